The van der Waals surface area contributed by atoms with Crippen LogP contribution in [-0.2, 0) is 0 Å². The zero-order valence-electron chi connectivity index (χ0n) is 15.7. The Balaban J connectivity index is 1.45. The lowest BCUT2D eigenvalue weighted by atomic mass is 10.1. The fourth-order valence-corrected chi connectivity index (χ4v) is 3.58. The Kier molecular flexibility index (Phi) is 4.77. The molecule has 0 aliphatic heterocycles. The van der Waals surface area contributed by atoms with Gasteiger partial charge in [0.2, 0.25) is 5.76 Å². The summed E-state index contributed by atoms with van der Waals surface area (Å²) < 4.78 is 16.5. The molecule has 2 heterocycles. The zero-order valence-corrected chi connectivity index (χ0v) is 17.2. The van der Waals surface area contributed by atoms with E-state index in [1.807, 2.05) is 0 Å². The monoisotopic (exact) mass is 450 g/mol. The molecule has 2 aromatic heterocycles. The van der Waals surface area contributed by atoms with Gasteiger partial charge in [0.05, 0.1) is 10.9 Å². The molecule has 0 fully saturated rings. The molecule has 0 spiro atoms. The number of ether oxygens (including phenoxy) is 1. The van der Waals surface area contributed by atoms with E-state index in [2.05, 4.69) is 0 Å². The number of benzene rings is 3. The van der Waals surface area contributed by atoms with Crippen LogP contribution in [-0.4, -0.2) is 5.97 Å². The summed E-state index contributed by atoms with van der Waals surface area (Å²) in [5.74, 6) is -0.415. The molecule has 31 heavy (non-hydrogen) atoms. The maximum absolute atomic E-state index is 12.9. The first-order valence-corrected chi connectivity index (χ1v) is 9.96. The first-order chi connectivity index (χ1) is 15.0. The molecule has 5 rings (SSSR count). The minimum Gasteiger partial charge on any atom is -0.463 e. The minimum absolute atomic E-state index is 0.0388. The molecule has 0 bridgehead atoms. The molecule has 0 amide bonds. The van der Waals surface area contributed by atoms with Gasteiger partial charge in [-0.25, -0.2) is 4.79 Å². The van der Waals surface area contributed by atoms with E-state index >= 15 is 0 Å². The summed E-state index contributed by atoms with van der Waals surface area (Å²) in [6.07, 6.45) is 1.38. The first kappa shape index (κ1) is 19.4. The third-order valence-corrected chi connectivity index (χ3v) is 5.28. The Hall–Kier alpha value is -3.54. The normalized spacial score (nSPS) is 11.2. The highest BCUT2D eigenvalue weighted by Gasteiger charge is 2.16. The van der Waals surface area contributed by atoms with E-state index in [1.54, 1.807) is 54.6 Å². The predicted molar refractivity (Wildman–Crippen MR) is 119 cm³/mol. The Labute approximate surface area is 185 Å². The van der Waals surface area contributed by atoms with Crippen molar-refractivity contribution >= 4 is 51.1 Å². The number of hydrogen-bond acceptors (Lipinski definition) is 5. The van der Waals surface area contributed by atoms with Gasteiger partial charge in [0.25, 0.3) is 0 Å². The van der Waals surface area contributed by atoms with Gasteiger partial charge >= 0.3 is 5.97 Å². The molecule has 152 valence electrons. The molecule has 0 aliphatic carbocycles. The van der Waals surface area contributed by atoms with Gasteiger partial charge in [0, 0.05) is 21.5 Å². The van der Waals surface area contributed by atoms with Crippen LogP contribution in [0.4, 0.5) is 0 Å². The van der Waals surface area contributed by atoms with E-state index in [0.29, 0.717) is 43.1 Å². The number of carbonyl (C=O) groups excluding carboxylic acids is 1. The van der Waals surface area contributed by atoms with Crippen molar-refractivity contribution in [3.63, 3.8) is 0 Å². The van der Waals surface area contributed by atoms with Gasteiger partial charge in [-0.05, 0) is 54.1 Å². The van der Waals surface area contributed by atoms with Crippen LogP contribution in [0.15, 0.2) is 86.6 Å². The Bertz CT molecular complexity index is 1510. The highest BCUT2D eigenvalue weighted by atomic mass is 35.5. The molecule has 7 heteroatoms. The Morgan fingerprint density at radius 3 is 2.42 bits per heavy atom. The summed E-state index contributed by atoms with van der Waals surface area (Å²) >= 11 is 11.9. The second kappa shape index (κ2) is 7.61. The van der Waals surface area contributed by atoms with Crippen LogP contribution in [0.1, 0.15) is 10.6 Å². The van der Waals surface area contributed by atoms with E-state index in [9.17, 15) is 9.59 Å². The average molecular weight is 451 g/mol. The number of rotatable bonds is 3. The topological polar surface area (TPSA) is 69.7 Å². The maximum Gasteiger partial charge on any atom is 0.379 e. The second-order valence-electron chi connectivity index (χ2n) is 6.83. The summed E-state index contributed by atoms with van der Waals surface area (Å²) in [4.78, 5) is 25.4. The van der Waals surface area contributed by atoms with Gasteiger partial charge in [-0.1, -0.05) is 35.3 Å². The van der Waals surface area contributed by atoms with Crippen molar-refractivity contribution in [2.75, 3.05) is 0 Å². The largest absolute Gasteiger partial charge is 0.463 e. The molecular formula is C24H12Cl2O5. The molecule has 5 aromatic rings. The molecular weight excluding hydrogens is 439 g/mol. The van der Waals surface area contributed by atoms with Crippen molar-refractivity contribution in [3.05, 3.63) is 99.0 Å². The van der Waals surface area contributed by atoms with Crippen LogP contribution in [0.25, 0.3) is 33.1 Å². The van der Waals surface area contributed by atoms with Gasteiger partial charge in [-0.15, -0.1) is 0 Å². The lowest BCUT2D eigenvalue weighted by Gasteiger charge is -2.05. The van der Waals surface area contributed by atoms with E-state index in [0.717, 1.165) is 0 Å². The van der Waals surface area contributed by atoms with Crippen LogP contribution in [0.5, 0.6) is 5.75 Å². The molecule has 0 N–H and O–H groups in total. The van der Waals surface area contributed by atoms with Crippen molar-refractivity contribution in [3.8, 4) is 16.9 Å². The Morgan fingerprint density at radius 1 is 0.839 bits per heavy atom. The molecule has 5 nitrogen and oxygen atoms in total. The maximum atomic E-state index is 12.9. The summed E-state index contributed by atoms with van der Waals surface area (Å²) in [7, 11) is 0. The van der Waals surface area contributed by atoms with Gasteiger partial charge in [-0.2, -0.15) is 0 Å². The lowest BCUT2D eigenvalue weighted by molar-refractivity contribution is 0.0704. The minimum atomic E-state index is -0.674. The third-order valence-electron chi connectivity index (χ3n) is 4.79. The van der Waals surface area contributed by atoms with Crippen LogP contribution in [0.3, 0.4) is 0 Å². The lowest BCUT2D eigenvalue weighted by Crippen LogP contribution is -2.08. The number of esters is 1. The fraction of sp³-hybridized carbons (Fsp3) is 0. The number of hydrogen-bond donors (Lipinski definition) is 0. The zero-order chi connectivity index (χ0) is 21.5. The van der Waals surface area contributed by atoms with Crippen LogP contribution >= 0.6 is 23.2 Å². The molecule has 0 saturated carbocycles. The molecule has 0 radical (unpaired) electrons. The van der Waals surface area contributed by atoms with E-state index in [1.165, 1.54) is 18.4 Å². The molecule has 0 unspecified atom stereocenters. The van der Waals surface area contributed by atoms with Gasteiger partial charge < -0.3 is 13.6 Å². The van der Waals surface area contributed by atoms with Gasteiger partial charge in [0.1, 0.15) is 23.2 Å². The quantitative estimate of drug-likeness (QED) is 0.225. The first-order valence-electron chi connectivity index (χ1n) is 9.21. The number of carbonyl (C=O) groups is 1. The van der Waals surface area contributed by atoms with Crippen LogP contribution in [0, 0.1) is 0 Å². The molecule has 0 saturated heterocycles. The van der Waals surface area contributed by atoms with Crippen molar-refractivity contribution in [1.29, 1.82) is 0 Å². The summed E-state index contributed by atoms with van der Waals surface area (Å²) in [6, 6.07) is 18.1. The molecule has 0 atom stereocenters. The SMILES string of the molecule is O=C(Oc1ccc2c(=O)c(-c3ccc(Cl)cc3)coc2c1)c1cc2cc(Cl)ccc2o1. The molecule has 0 aliphatic rings. The summed E-state index contributed by atoms with van der Waals surface area (Å²) in [5.41, 5.74) is 1.73. The van der Waals surface area contributed by atoms with Crippen molar-refractivity contribution in [1.82, 2.24) is 0 Å². The highest BCUT2D eigenvalue weighted by molar-refractivity contribution is 6.31. The van der Waals surface area contributed by atoms with Crippen molar-refractivity contribution in [2.45, 2.75) is 0 Å². The van der Waals surface area contributed by atoms with Crippen LogP contribution in [0.2, 0.25) is 10.0 Å². The number of halogens is 2. The van der Waals surface area contributed by atoms with E-state index in [4.69, 9.17) is 36.8 Å². The van der Waals surface area contributed by atoms with Crippen molar-refractivity contribution in [2.24, 2.45) is 0 Å². The smallest absolute Gasteiger partial charge is 0.379 e. The molecule has 3 aromatic carbocycles. The van der Waals surface area contributed by atoms with E-state index in [-0.39, 0.29) is 16.9 Å². The average Bonchev–Trinajstić information content (AvgIpc) is 3.18. The standard InChI is InChI=1S/C24H12Cl2O5/c25-15-3-1-13(2-4-15)19-12-29-21-11-17(6-7-18(21)23(19)27)30-24(28)22-10-14-9-16(26)5-8-20(14)31-22/h1-12H. The van der Waals surface area contributed by atoms with Crippen molar-refractivity contribution < 1.29 is 18.4 Å². The number of furan rings is 1. The predicted octanol–water partition coefficient (Wildman–Crippen LogP) is 6.73. The second-order valence-corrected chi connectivity index (χ2v) is 7.70. The van der Waals surface area contributed by atoms with Gasteiger partial charge in [0.15, 0.2) is 5.43 Å². The number of fused-ring (bicyclic) bond motifs is 2. The summed E-state index contributed by atoms with van der Waals surface area (Å²) in [6.45, 7) is 0. The van der Waals surface area contributed by atoms with Gasteiger partial charge in [-0.3, -0.25) is 4.79 Å². The third kappa shape index (κ3) is 3.69. The highest BCUT2D eigenvalue weighted by Crippen LogP contribution is 2.26. The fourth-order valence-electron chi connectivity index (χ4n) is 3.27. The Morgan fingerprint density at radius 2 is 1.61 bits per heavy atom. The van der Waals surface area contributed by atoms with E-state index < -0.39 is 5.97 Å². The van der Waals surface area contributed by atoms with Crippen LogP contribution < -0.4 is 10.2 Å². The summed E-state index contributed by atoms with van der Waals surface area (Å²) in [5, 5.41) is 2.17.